The molecule has 0 aliphatic heterocycles. The Labute approximate surface area is 118 Å². The Morgan fingerprint density at radius 3 is 2.55 bits per heavy atom. The average molecular weight is 307 g/mol. The summed E-state index contributed by atoms with van der Waals surface area (Å²) in [6, 6.07) is 4.01. The second kappa shape index (κ2) is 6.01. The number of nitrogens with zero attached hydrogens (tertiary/aromatic N) is 2. The van der Waals surface area contributed by atoms with E-state index < -0.39 is 24.7 Å². The zero-order valence-corrected chi connectivity index (χ0v) is 11.0. The van der Waals surface area contributed by atoms with Crippen LogP contribution in [0.15, 0.2) is 18.2 Å². The van der Waals surface area contributed by atoms with Gasteiger partial charge >= 0.3 is 12.1 Å². The monoisotopic (exact) mass is 306 g/mol. The minimum Gasteiger partial charge on any atom is -0.480 e. The van der Waals surface area contributed by atoms with Gasteiger partial charge in [0.25, 0.3) is 0 Å². The lowest BCUT2D eigenvalue weighted by Crippen LogP contribution is -2.44. The number of hydrogen-bond donors (Lipinski definition) is 1. The van der Waals surface area contributed by atoms with E-state index in [4.69, 9.17) is 22.0 Å². The number of carboxylic acids is 1. The number of anilines is 1. The van der Waals surface area contributed by atoms with E-state index in [0.717, 1.165) is 13.0 Å². The van der Waals surface area contributed by atoms with E-state index >= 15 is 0 Å². The molecule has 20 heavy (non-hydrogen) atoms. The van der Waals surface area contributed by atoms with Crippen molar-refractivity contribution in [3.05, 3.63) is 28.8 Å². The summed E-state index contributed by atoms with van der Waals surface area (Å²) in [4.78, 5) is 11.6. The highest BCUT2D eigenvalue weighted by Crippen LogP contribution is 2.28. The summed E-state index contributed by atoms with van der Waals surface area (Å²) in [7, 11) is 0. The quantitative estimate of drug-likeness (QED) is 0.928. The molecule has 4 nitrogen and oxygen atoms in total. The highest BCUT2D eigenvalue weighted by atomic mass is 35.5. The number of rotatable bonds is 4. The SMILES string of the molecule is C[C@@H](C(=O)O)N(CC(F)(F)F)c1ccc(C#N)c(Cl)c1. The number of benzene rings is 1. The van der Waals surface area contributed by atoms with Crippen LogP contribution in [0.4, 0.5) is 18.9 Å². The van der Waals surface area contributed by atoms with Gasteiger partial charge in [0.2, 0.25) is 0 Å². The maximum atomic E-state index is 12.5. The van der Waals surface area contributed by atoms with Crippen molar-refractivity contribution in [1.82, 2.24) is 0 Å². The van der Waals surface area contributed by atoms with Crippen LogP contribution in [0.2, 0.25) is 5.02 Å². The molecule has 108 valence electrons. The number of alkyl halides is 3. The minimum absolute atomic E-state index is 0.0128. The summed E-state index contributed by atoms with van der Waals surface area (Å²) in [6.07, 6.45) is -4.57. The summed E-state index contributed by atoms with van der Waals surface area (Å²) in [5, 5.41) is 17.6. The zero-order valence-electron chi connectivity index (χ0n) is 10.3. The van der Waals surface area contributed by atoms with E-state index in [-0.39, 0.29) is 16.3 Å². The number of hydrogen-bond acceptors (Lipinski definition) is 3. The van der Waals surface area contributed by atoms with Crippen molar-refractivity contribution >= 4 is 23.3 Å². The first-order valence-corrected chi connectivity index (χ1v) is 5.79. The molecule has 0 amide bonds. The molecule has 0 bridgehead atoms. The molecule has 1 aromatic rings. The van der Waals surface area contributed by atoms with Crippen molar-refractivity contribution in [3.8, 4) is 6.07 Å². The lowest BCUT2D eigenvalue weighted by atomic mass is 10.1. The largest absolute Gasteiger partial charge is 0.480 e. The fourth-order valence-electron chi connectivity index (χ4n) is 1.55. The molecular weight excluding hydrogens is 297 g/mol. The van der Waals surface area contributed by atoms with Crippen LogP contribution in [0.3, 0.4) is 0 Å². The number of nitriles is 1. The lowest BCUT2D eigenvalue weighted by Gasteiger charge is -2.29. The van der Waals surface area contributed by atoms with Crippen molar-refractivity contribution < 1.29 is 23.1 Å². The lowest BCUT2D eigenvalue weighted by molar-refractivity contribution is -0.140. The Bertz CT molecular complexity index is 555. The molecular formula is C12H10ClF3N2O2. The van der Waals surface area contributed by atoms with Crippen LogP contribution in [0, 0.1) is 11.3 Å². The first kappa shape index (κ1) is 16.1. The normalized spacial score (nSPS) is 12.6. The van der Waals surface area contributed by atoms with Crippen LogP contribution in [-0.4, -0.2) is 29.8 Å². The van der Waals surface area contributed by atoms with Crippen molar-refractivity contribution in [2.24, 2.45) is 0 Å². The van der Waals surface area contributed by atoms with Gasteiger partial charge in [0.15, 0.2) is 0 Å². The van der Waals surface area contributed by atoms with Gasteiger partial charge in [0, 0.05) is 5.69 Å². The predicted octanol–water partition coefficient (Wildman–Crippen LogP) is 3.05. The second-order valence-electron chi connectivity index (χ2n) is 4.03. The molecule has 0 saturated heterocycles. The smallest absolute Gasteiger partial charge is 0.405 e. The van der Waals surface area contributed by atoms with E-state index in [1.165, 1.54) is 12.1 Å². The first-order valence-electron chi connectivity index (χ1n) is 5.41. The molecule has 1 atom stereocenters. The van der Waals surface area contributed by atoms with Crippen LogP contribution in [0.5, 0.6) is 0 Å². The molecule has 0 aliphatic carbocycles. The van der Waals surface area contributed by atoms with Crippen LogP contribution in [0.1, 0.15) is 12.5 Å². The number of carboxylic acid groups (broad SMARTS) is 1. The Kier molecular flexibility index (Phi) is 4.84. The maximum absolute atomic E-state index is 12.5. The molecule has 0 fully saturated rings. The highest BCUT2D eigenvalue weighted by Gasteiger charge is 2.35. The van der Waals surface area contributed by atoms with Crippen LogP contribution >= 0.6 is 11.6 Å². The second-order valence-corrected chi connectivity index (χ2v) is 4.44. The number of halogens is 4. The van der Waals surface area contributed by atoms with Crippen LogP contribution < -0.4 is 4.90 Å². The molecule has 1 aromatic carbocycles. The van der Waals surface area contributed by atoms with Gasteiger partial charge < -0.3 is 10.0 Å². The van der Waals surface area contributed by atoms with E-state index in [9.17, 15) is 18.0 Å². The molecule has 0 spiro atoms. The summed E-state index contributed by atoms with van der Waals surface area (Å²) >= 11 is 5.75. The maximum Gasteiger partial charge on any atom is 0.405 e. The van der Waals surface area contributed by atoms with E-state index in [2.05, 4.69) is 0 Å². The third kappa shape index (κ3) is 4.03. The summed E-state index contributed by atoms with van der Waals surface area (Å²) < 4.78 is 37.6. The highest BCUT2D eigenvalue weighted by molar-refractivity contribution is 6.32. The average Bonchev–Trinajstić information content (AvgIpc) is 2.33. The Morgan fingerprint density at radius 2 is 2.15 bits per heavy atom. The van der Waals surface area contributed by atoms with Gasteiger partial charge in [-0.25, -0.2) is 4.79 Å². The Balaban J connectivity index is 3.20. The fraction of sp³-hybridized carbons (Fsp3) is 0.333. The topological polar surface area (TPSA) is 64.3 Å². The molecule has 1 N–H and O–H groups in total. The van der Waals surface area contributed by atoms with Gasteiger partial charge in [-0.05, 0) is 25.1 Å². The van der Waals surface area contributed by atoms with Crippen molar-refractivity contribution in [3.63, 3.8) is 0 Å². The Hall–Kier alpha value is -1.94. The Morgan fingerprint density at radius 1 is 1.55 bits per heavy atom. The van der Waals surface area contributed by atoms with Gasteiger partial charge in [-0.2, -0.15) is 18.4 Å². The zero-order chi connectivity index (χ0) is 15.5. The number of aliphatic carboxylic acids is 1. The number of carbonyl (C=O) groups is 1. The molecule has 0 unspecified atom stereocenters. The van der Waals surface area contributed by atoms with Gasteiger partial charge in [0.05, 0.1) is 10.6 Å². The van der Waals surface area contributed by atoms with Crippen LogP contribution in [0.25, 0.3) is 0 Å². The molecule has 0 aliphatic rings. The summed E-state index contributed by atoms with van der Waals surface area (Å²) in [5.74, 6) is -1.39. The minimum atomic E-state index is -4.57. The summed E-state index contributed by atoms with van der Waals surface area (Å²) in [5.41, 5.74) is 0.0894. The fourth-order valence-corrected chi connectivity index (χ4v) is 1.77. The third-order valence-corrected chi connectivity index (χ3v) is 2.89. The molecule has 0 heterocycles. The molecule has 0 saturated carbocycles. The van der Waals surface area contributed by atoms with E-state index in [1.54, 1.807) is 6.07 Å². The van der Waals surface area contributed by atoms with E-state index in [1.807, 2.05) is 0 Å². The standard InChI is InChI=1S/C12H10ClF3N2O2/c1-7(11(19)20)18(6-12(14,15)16)9-3-2-8(5-17)10(13)4-9/h2-4,7H,6H2,1H3,(H,19,20)/t7-/m0/s1. The van der Waals surface area contributed by atoms with Gasteiger partial charge in [-0.1, -0.05) is 11.6 Å². The van der Waals surface area contributed by atoms with Crippen molar-refractivity contribution in [1.29, 1.82) is 5.26 Å². The first-order chi connectivity index (χ1) is 9.15. The van der Waals surface area contributed by atoms with Crippen molar-refractivity contribution in [2.45, 2.75) is 19.1 Å². The summed E-state index contributed by atoms with van der Waals surface area (Å²) in [6.45, 7) is -0.289. The molecule has 1 rings (SSSR count). The predicted molar refractivity (Wildman–Crippen MR) is 66.7 cm³/mol. The van der Waals surface area contributed by atoms with Gasteiger partial charge in [-0.15, -0.1) is 0 Å². The van der Waals surface area contributed by atoms with E-state index in [0.29, 0.717) is 4.90 Å². The van der Waals surface area contributed by atoms with Gasteiger partial charge in [-0.3, -0.25) is 0 Å². The van der Waals surface area contributed by atoms with Crippen LogP contribution in [-0.2, 0) is 4.79 Å². The van der Waals surface area contributed by atoms with Crippen molar-refractivity contribution in [2.75, 3.05) is 11.4 Å². The third-order valence-electron chi connectivity index (χ3n) is 2.58. The molecule has 0 aromatic heterocycles. The van der Waals surface area contributed by atoms with Gasteiger partial charge in [0.1, 0.15) is 18.7 Å². The molecule has 8 heteroatoms. The molecule has 0 radical (unpaired) electrons.